The van der Waals surface area contributed by atoms with Crippen molar-refractivity contribution in [2.75, 3.05) is 20.2 Å². The molecule has 1 saturated heterocycles. The molecule has 1 aromatic carbocycles. The van der Waals surface area contributed by atoms with Gasteiger partial charge in [-0.25, -0.2) is 18.4 Å². The van der Waals surface area contributed by atoms with Gasteiger partial charge in [-0.1, -0.05) is 11.6 Å². The van der Waals surface area contributed by atoms with E-state index in [9.17, 15) is 13.5 Å². The average Bonchev–Trinajstić information content (AvgIpc) is 3.50. The van der Waals surface area contributed by atoms with E-state index in [0.717, 1.165) is 5.56 Å². The Bertz CT molecular complexity index is 1510. The maximum atomic E-state index is 12.9. The predicted octanol–water partition coefficient (Wildman–Crippen LogP) is 3.12. The van der Waals surface area contributed by atoms with Gasteiger partial charge in [-0.05, 0) is 36.6 Å². The van der Waals surface area contributed by atoms with E-state index in [1.165, 1.54) is 22.2 Å². The fourth-order valence-corrected chi connectivity index (χ4v) is 6.17. The van der Waals surface area contributed by atoms with Crippen molar-refractivity contribution in [3.63, 3.8) is 0 Å². The molecule has 10 nitrogen and oxygen atoms in total. The lowest BCUT2D eigenvalue weighted by Gasteiger charge is -2.31. The number of pyridine rings is 1. The van der Waals surface area contributed by atoms with Gasteiger partial charge in [-0.2, -0.15) is 4.31 Å². The molecule has 0 radical (unpaired) electrons. The van der Waals surface area contributed by atoms with Crippen molar-refractivity contribution < 1.29 is 23.0 Å². The number of nitrogens with zero attached hydrogens (tertiary/aromatic N) is 5. The zero-order valence-electron chi connectivity index (χ0n) is 19.8. The summed E-state index contributed by atoms with van der Waals surface area (Å²) in [4.78, 5) is 8.69. The third-order valence-corrected chi connectivity index (χ3v) is 8.50. The van der Waals surface area contributed by atoms with Gasteiger partial charge in [-0.3, -0.25) is 0 Å². The molecule has 4 aromatic rings. The molecule has 4 heterocycles. The third kappa shape index (κ3) is 4.55. The molecule has 0 unspecified atom stereocenters. The minimum atomic E-state index is -3.63. The van der Waals surface area contributed by atoms with E-state index < -0.39 is 10.0 Å². The van der Waals surface area contributed by atoms with Crippen molar-refractivity contribution in [1.29, 1.82) is 0 Å². The quantitative estimate of drug-likeness (QED) is 0.390. The van der Waals surface area contributed by atoms with Gasteiger partial charge in [-0.15, -0.1) is 0 Å². The van der Waals surface area contributed by atoms with Gasteiger partial charge in [0.25, 0.3) is 10.0 Å². The lowest BCUT2D eigenvalue weighted by molar-refractivity contribution is 0.135. The number of fused-ring (bicyclic) bond motifs is 1. The summed E-state index contributed by atoms with van der Waals surface area (Å²) in [5.74, 6) is 1.14. The Morgan fingerprint density at radius 3 is 2.64 bits per heavy atom. The van der Waals surface area contributed by atoms with Crippen LogP contribution in [0.1, 0.15) is 18.4 Å². The lowest BCUT2D eigenvalue weighted by Crippen LogP contribution is -2.42. The highest BCUT2D eigenvalue weighted by Crippen LogP contribution is 2.34. The Morgan fingerprint density at radius 2 is 1.97 bits per heavy atom. The summed E-state index contributed by atoms with van der Waals surface area (Å²) in [6, 6.07) is 7.13. The summed E-state index contributed by atoms with van der Waals surface area (Å²) in [5, 5.41) is 10.3. The van der Waals surface area contributed by atoms with Gasteiger partial charge in [0, 0.05) is 56.6 Å². The minimum Gasteiger partial charge on any atom is -0.495 e. The molecule has 5 rings (SSSR count). The first-order chi connectivity index (χ1) is 17.3. The van der Waals surface area contributed by atoms with Crippen molar-refractivity contribution in [2.24, 2.45) is 7.05 Å². The Hall–Kier alpha value is -3.12. The van der Waals surface area contributed by atoms with Crippen molar-refractivity contribution in [3.05, 3.63) is 59.6 Å². The third-order valence-electron chi connectivity index (χ3n) is 6.31. The number of piperidine rings is 1. The standard InChI is InChI=1S/C24H26ClN5O5S/c1-28-10-6-26-24(28)36(32,33)30-8-4-17(5-9-30)35-18-3-7-29-14-21(27-23(29)12-18)19-13-20(25)22(34-2)11-16(19)15-31/h3,6-7,10-14,17,31H,4-5,8-9,15H2,1-2H3. The first kappa shape index (κ1) is 24.6. The van der Waals surface area contributed by atoms with Crippen molar-refractivity contribution in [1.82, 2.24) is 23.2 Å². The molecular formula is C24H26ClN5O5S. The van der Waals surface area contributed by atoms with Crippen LogP contribution in [0.4, 0.5) is 0 Å². The zero-order valence-corrected chi connectivity index (χ0v) is 21.4. The second-order valence-electron chi connectivity index (χ2n) is 8.60. The molecule has 36 heavy (non-hydrogen) atoms. The number of aliphatic hydroxyl groups excluding tert-OH is 1. The topological polar surface area (TPSA) is 111 Å². The predicted molar refractivity (Wildman–Crippen MR) is 134 cm³/mol. The molecule has 12 heteroatoms. The number of imidazole rings is 2. The highest BCUT2D eigenvalue weighted by atomic mass is 35.5. The van der Waals surface area contributed by atoms with E-state index >= 15 is 0 Å². The number of halogens is 1. The first-order valence-corrected chi connectivity index (χ1v) is 13.2. The molecule has 1 aliphatic rings. The SMILES string of the molecule is COc1cc(CO)c(-c2cn3ccc(OC4CCN(S(=O)(=O)c5nccn5C)CC4)cc3n2)cc1Cl. The Labute approximate surface area is 213 Å². The molecule has 0 saturated carbocycles. The van der Waals surface area contributed by atoms with E-state index in [0.29, 0.717) is 59.4 Å². The second kappa shape index (κ2) is 9.74. The van der Waals surface area contributed by atoms with Crippen LogP contribution in [0.25, 0.3) is 16.9 Å². The second-order valence-corrected chi connectivity index (χ2v) is 10.8. The molecule has 1 aliphatic heterocycles. The summed E-state index contributed by atoms with van der Waals surface area (Å²) in [6.45, 7) is 0.537. The summed E-state index contributed by atoms with van der Waals surface area (Å²) >= 11 is 6.31. The Balaban J connectivity index is 1.30. The number of hydrogen-bond donors (Lipinski definition) is 1. The Kier molecular flexibility index (Phi) is 6.64. The van der Waals surface area contributed by atoms with Gasteiger partial charge in [0.05, 0.1) is 24.4 Å². The maximum Gasteiger partial charge on any atom is 0.277 e. The molecular weight excluding hydrogens is 506 g/mol. The van der Waals surface area contributed by atoms with Crippen LogP contribution in [0, 0.1) is 0 Å². The van der Waals surface area contributed by atoms with Gasteiger partial charge < -0.3 is 23.5 Å². The van der Waals surface area contributed by atoms with E-state index in [1.807, 2.05) is 28.9 Å². The van der Waals surface area contributed by atoms with Crippen LogP contribution in [-0.2, 0) is 23.7 Å². The highest BCUT2D eigenvalue weighted by molar-refractivity contribution is 7.89. The van der Waals surface area contributed by atoms with Crippen LogP contribution in [0.2, 0.25) is 5.02 Å². The molecule has 1 fully saturated rings. The van der Waals surface area contributed by atoms with Gasteiger partial charge in [0.15, 0.2) is 0 Å². The molecule has 0 aliphatic carbocycles. The molecule has 0 spiro atoms. The summed E-state index contributed by atoms with van der Waals surface area (Å²) in [6.07, 6.45) is 7.83. The average molecular weight is 532 g/mol. The van der Waals surface area contributed by atoms with Crippen LogP contribution in [0.3, 0.4) is 0 Å². The highest BCUT2D eigenvalue weighted by Gasteiger charge is 2.32. The molecule has 190 valence electrons. The van der Waals surface area contributed by atoms with Crippen molar-refractivity contribution >= 4 is 27.3 Å². The largest absolute Gasteiger partial charge is 0.495 e. The summed E-state index contributed by atoms with van der Waals surface area (Å²) < 4.78 is 42.0. The number of ether oxygens (including phenoxy) is 2. The van der Waals surface area contributed by atoms with Gasteiger partial charge >= 0.3 is 0 Å². The zero-order chi connectivity index (χ0) is 25.4. The van der Waals surface area contributed by atoms with Crippen LogP contribution in [0.5, 0.6) is 11.5 Å². The molecule has 0 bridgehead atoms. The van der Waals surface area contributed by atoms with Crippen molar-refractivity contribution in [3.8, 4) is 22.8 Å². The summed E-state index contributed by atoms with van der Waals surface area (Å²) in [7, 11) is -0.437. The number of aryl methyl sites for hydroxylation is 1. The number of aromatic nitrogens is 4. The van der Waals surface area contributed by atoms with Crippen LogP contribution < -0.4 is 9.47 Å². The van der Waals surface area contributed by atoms with Gasteiger partial charge in [0.2, 0.25) is 5.16 Å². The lowest BCUT2D eigenvalue weighted by atomic mass is 10.1. The van der Waals surface area contributed by atoms with Crippen LogP contribution in [-0.4, -0.2) is 63.1 Å². The van der Waals surface area contributed by atoms with Crippen molar-refractivity contribution in [2.45, 2.75) is 30.7 Å². The number of hydrogen-bond acceptors (Lipinski definition) is 7. The number of aliphatic hydroxyl groups is 1. The number of benzene rings is 1. The van der Waals surface area contributed by atoms with E-state index in [2.05, 4.69) is 4.98 Å². The van der Waals surface area contributed by atoms with Gasteiger partial charge in [0.1, 0.15) is 23.3 Å². The number of rotatable bonds is 7. The van der Waals surface area contributed by atoms with E-state index in [4.69, 9.17) is 26.1 Å². The number of sulfonamides is 1. The molecule has 1 N–H and O–H groups in total. The van der Waals surface area contributed by atoms with E-state index in [-0.39, 0.29) is 17.9 Å². The smallest absolute Gasteiger partial charge is 0.277 e. The molecule has 0 amide bonds. The fraction of sp³-hybridized carbons (Fsp3) is 0.333. The minimum absolute atomic E-state index is 0.0462. The fourth-order valence-electron chi connectivity index (χ4n) is 4.39. The summed E-state index contributed by atoms with van der Waals surface area (Å²) in [5.41, 5.74) is 2.71. The van der Waals surface area contributed by atoms with Crippen LogP contribution >= 0.6 is 11.6 Å². The normalized spacial score (nSPS) is 15.4. The Morgan fingerprint density at radius 1 is 1.19 bits per heavy atom. The molecule has 0 atom stereocenters. The number of methoxy groups -OCH3 is 1. The molecule has 3 aromatic heterocycles. The van der Waals surface area contributed by atoms with Crippen LogP contribution in [0.15, 0.2) is 54.2 Å². The monoisotopic (exact) mass is 531 g/mol. The maximum absolute atomic E-state index is 12.9. The first-order valence-electron chi connectivity index (χ1n) is 11.4. The van der Waals surface area contributed by atoms with E-state index in [1.54, 1.807) is 25.4 Å².